The van der Waals surface area contributed by atoms with Crippen LogP contribution in [-0.4, -0.2) is 35.1 Å². The first-order valence-electron chi connectivity index (χ1n) is 5.88. The zero-order valence-electron chi connectivity index (χ0n) is 10.9. The van der Waals surface area contributed by atoms with Gasteiger partial charge in [-0.25, -0.2) is 9.59 Å². The molecule has 0 aliphatic heterocycles. The first kappa shape index (κ1) is 16.2. The van der Waals surface area contributed by atoms with E-state index in [1.54, 1.807) is 13.8 Å². The number of urea groups is 1. The highest BCUT2D eigenvalue weighted by atomic mass is 16.4. The quantitative estimate of drug-likeness (QED) is 0.516. The lowest BCUT2D eigenvalue weighted by molar-refractivity contribution is -0.139. The largest absolute Gasteiger partial charge is 0.480 e. The van der Waals surface area contributed by atoms with Gasteiger partial charge in [0.1, 0.15) is 12.1 Å². The number of nitrogens with two attached hydrogens (primary N) is 1. The second-order valence-electron chi connectivity index (χ2n) is 4.42. The minimum atomic E-state index is -1.10. The molecule has 0 rings (SSSR count). The number of primary amides is 1. The van der Waals surface area contributed by atoms with Crippen molar-refractivity contribution < 1.29 is 19.5 Å². The fraction of sp³-hybridized carbons (Fsp3) is 0.727. The van der Waals surface area contributed by atoms with Crippen LogP contribution >= 0.6 is 0 Å². The third-order valence-corrected chi connectivity index (χ3v) is 2.44. The molecule has 0 fully saturated rings. The summed E-state index contributed by atoms with van der Waals surface area (Å²) in [5, 5.41) is 13.5. The number of hydrogen-bond donors (Lipinski definition) is 4. The number of carbonyl (C=O) groups is 3. The molecular weight excluding hydrogens is 238 g/mol. The summed E-state index contributed by atoms with van der Waals surface area (Å²) in [4.78, 5) is 33.5. The van der Waals surface area contributed by atoms with E-state index in [0.717, 1.165) is 0 Å². The molecule has 0 aromatic rings. The standard InChI is InChI=1S/C11H21N3O4/c1-4-5-7(10(16)17)13-11(18)14-8(6(2)3)9(12)15/h6-8H,4-5H2,1-3H3,(H2,12,15)(H,16,17)(H2,13,14,18)/t7-,8?/m1/s1. The second-order valence-corrected chi connectivity index (χ2v) is 4.42. The first-order valence-corrected chi connectivity index (χ1v) is 5.88. The van der Waals surface area contributed by atoms with Gasteiger partial charge < -0.3 is 21.5 Å². The molecule has 0 radical (unpaired) electrons. The van der Waals surface area contributed by atoms with Crippen molar-refractivity contribution in [1.82, 2.24) is 10.6 Å². The highest BCUT2D eigenvalue weighted by Crippen LogP contribution is 2.01. The number of rotatable bonds is 7. The molecule has 0 aliphatic carbocycles. The Bertz CT molecular complexity index is 317. The molecule has 3 amide bonds. The summed E-state index contributed by atoms with van der Waals surface area (Å²) < 4.78 is 0. The molecule has 5 N–H and O–H groups in total. The van der Waals surface area contributed by atoms with Gasteiger partial charge in [0.25, 0.3) is 0 Å². The maximum absolute atomic E-state index is 11.6. The fourth-order valence-electron chi connectivity index (χ4n) is 1.45. The molecule has 1 unspecified atom stereocenters. The maximum atomic E-state index is 11.6. The van der Waals surface area contributed by atoms with E-state index in [2.05, 4.69) is 10.6 Å². The number of nitrogens with one attached hydrogen (secondary N) is 2. The third kappa shape index (κ3) is 5.51. The van der Waals surface area contributed by atoms with E-state index in [9.17, 15) is 14.4 Å². The summed E-state index contributed by atoms with van der Waals surface area (Å²) >= 11 is 0. The molecule has 0 aromatic heterocycles. The summed E-state index contributed by atoms with van der Waals surface area (Å²) in [6, 6.07) is -2.48. The Morgan fingerprint density at radius 2 is 1.78 bits per heavy atom. The molecule has 104 valence electrons. The van der Waals surface area contributed by atoms with Crippen LogP contribution in [-0.2, 0) is 9.59 Å². The Morgan fingerprint density at radius 1 is 1.22 bits per heavy atom. The minimum Gasteiger partial charge on any atom is -0.480 e. The van der Waals surface area contributed by atoms with Gasteiger partial charge in [-0.1, -0.05) is 27.2 Å². The van der Waals surface area contributed by atoms with Gasteiger partial charge in [0, 0.05) is 0 Å². The van der Waals surface area contributed by atoms with Crippen LogP contribution in [0.5, 0.6) is 0 Å². The van der Waals surface area contributed by atoms with Crippen molar-refractivity contribution >= 4 is 17.9 Å². The number of carboxylic acids is 1. The number of hydrogen-bond acceptors (Lipinski definition) is 3. The monoisotopic (exact) mass is 259 g/mol. The van der Waals surface area contributed by atoms with Crippen LogP contribution in [0.4, 0.5) is 4.79 Å². The predicted octanol–water partition coefficient (Wildman–Crippen LogP) is 0.0488. The van der Waals surface area contributed by atoms with Gasteiger partial charge in [0.2, 0.25) is 5.91 Å². The van der Waals surface area contributed by atoms with Gasteiger partial charge in [0.15, 0.2) is 0 Å². The average molecular weight is 259 g/mol. The van der Waals surface area contributed by atoms with Crippen molar-refractivity contribution in [1.29, 1.82) is 0 Å². The van der Waals surface area contributed by atoms with Crippen molar-refractivity contribution in [2.75, 3.05) is 0 Å². The van der Waals surface area contributed by atoms with Crippen LogP contribution in [0.2, 0.25) is 0 Å². The van der Waals surface area contributed by atoms with Crippen LogP contribution in [0, 0.1) is 5.92 Å². The van der Waals surface area contributed by atoms with E-state index >= 15 is 0 Å². The molecule has 0 saturated carbocycles. The normalized spacial score (nSPS) is 13.8. The summed E-state index contributed by atoms with van der Waals surface area (Å²) in [6.45, 7) is 5.28. The predicted molar refractivity (Wildman–Crippen MR) is 65.8 cm³/mol. The molecule has 0 saturated heterocycles. The van der Waals surface area contributed by atoms with Gasteiger partial charge in [-0.2, -0.15) is 0 Å². The van der Waals surface area contributed by atoms with E-state index in [1.165, 1.54) is 0 Å². The molecule has 18 heavy (non-hydrogen) atoms. The number of carboxylic acid groups (broad SMARTS) is 1. The van der Waals surface area contributed by atoms with Crippen LogP contribution in [0.3, 0.4) is 0 Å². The van der Waals surface area contributed by atoms with Crippen LogP contribution in [0.25, 0.3) is 0 Å². The molecule has 2 atom stereocenters. The van der Waals surface area contributed by atoms with E-state index < -0.39 is 30.0 Å². The Balaban J connectivity index is 4.47. The van der Waals surface area contributed by atoms with E-state index in [-0.39, 0.29) is 5.92 Å². The zero-order chi connectivity index (χ0) is 14.3. The number of carbonyl (C=O) groups excluding carboxylic acids is 2. The highest BCUT2D eigenvalue weighted by molar-refractivity contribution is 5.88. The topological polar surface area (TPSA) is 122 Å². The lowest BCUT2D eigenvalue weighted by Gasteiger charge is -2.21. The smallest absolute Gasteiger partial charge is 0.326 e. The van der Waals surface area contributed by atoms with Crippen LogP contribution < -0.4 is 16.4 Å². The number of amides is 3. The Kier molecular flexibility index (Phi) is 6.77. The van der Waals surface area contributed by atoms with E-state index in [4.69, 9.17) is 10.8 Å². The second kappa shape index (κ2) is 7.52. The van der Waals surface area contributed by atoms with Gasteiger partial charge in [-0.3, -0.25) is 4.79 Å². The SMILES string of the molecule is CCC[C@@H](NC(=O)NC(C(N)=O)C(C)C)C(=O)O. The van der Waals surface area contributed by atoms with Crippen LogP contribution in [0.1, 0.15) is 33.6 Å². The van der Waals surface area contributed by atoms with Crippen molar-refractivity contribution in [3.63, 3.8) is 0 Å². The molecule has 0 bridgehead atoms. The van der Waals surface area contributed by atoms with Crippen molar-refractivity contribution in [3.8, 4) is 0 Å². The van der Waals surface area contributed by atoms with Gasteiger partial charge in [0.05, 0.1) is 0 Å². The highest BCUT2D eigenvalue weighted by Gasteiger charge is 2.24. The average Bonchev–Trinajstić information content (AvgIpc) is 2.24. The summed E-state index contributed by atoms with van der Waals surface area (Å²) in [7, 11) is 0. The zero-order valence-corrected chi connectivity index (χ0v) is 10.9. The summed E-state index contributed by atoms with van der Waals surface area (Å²) in [6.07, 6.45) is 0.951. The lowest BCUT2D eigenvalue weighted by atomic mass is 10.0. The molecule has 0 spiro atoms. The minimum absolute atomic E-state index is 0.164. The molecule has 0 aliphatic rings. The maximum Gasteiger partial charge on any atom is 0.326 e. The van der Waals surface area contributed by atoms with Crippen molar-refractivity contribution in [2.45, 2.75) is 45.7 Å². The van der Waals surface area contributed by atoms with Gasteiger partial charge in [-0.05, 0) is 12.3 Å². The third-order valence-electron chi connectivity index (χ3n) is 2.44. The molecule has 7 heteroatoms. The Labute approximate surface area is 106 Å². The Morgan fingerprint density at radius 3 is 2.11 bits per heavy atom. The van der Waals surface area contributed by atoms with E-state index in [0.29, 0.717) is 12.8 Å². The van der Waals surface area contributed by atoms with Crippen molar-refractivity contribution in [2.24, 2.45) is 11.7 Å². The summed E-state index contributed by atoms with van der Waals surface area (Å²) in [5.41, 5.74) is 5.14. The van der Waals surface area contributed by atoms with Gasteiger partial charge >= 0.3 is 12.0 Å². The molecule has 0 aromatic carbocycles. The molecule has 7 nitrogen and oxygen atoms in total. The Hall–Kier alpha value is -1.79. The lowest BCUT2D eigenvalue weighted by Crippen LogP contribution is -2.54. The fourth-order valence-corrected chi connectivity index (χ4v) is 1.45. The number of aliphatic carboxylic acids is 1. The van der Waals surface area contributed by atoms with Crippen molar-refractivity contribution in [3.05, 3.63) is 0 Å². The van der Waals surface area contributed by atoms with Gasteiger partial charge in [-0.15, -0.1) is 0 Å². The van der Waals surface area contributed by atoms with Crippen LogP contribution in [0.15, 0.2) is 0 Å². The first-order chi connectivity index (χ1) is 8.29. The molecular formula is C11H21N3O4. The molecule has 0 heterocycles. The summed E-state index contributed by atoms with van der Waals surface area (Å²) in [5.74, 6) is -1.92. The van der Waals surface area contributed by atoms with E-state index in [1.807, 2.05) is 6.92 Å².